The molecule has 1 aromatic carbocycles. The van der Waals surface area contributed by atoms with E-state index in [1.165, 1.54) is 12.1 Å². The molecule has 2 N–H and O–H groups in total. The van der Waals surface area contributed by atoms with E-state index in [0.717, 1.165) is 11.1 Å². The standard InChI is InChI=1S/C10H8FNO/c11-8-1-2-9(10(12)5-8)7-3-4-13-6-7/h1-6H,12H2. The molecule has 0 unspecified atom stereocenters. The third-order valence-electron chi connectivity index (χ3n) is 1.85. The SMILES string of the molecule is Nc1cc(F)ccc1-c1ccoc1. The van der Waals surface area contributed by atoms with Gasteiger partial charge in [-0.2, -0.15) is 0 Å². The summed E-state index contributed by atoms with van der Waals surface area (Å²) >= 11 is 0. The first-order valence-corrected chi connectivity index (χ1v) is 3.85. The van der Waals surface area contributed by atoms with Gasteiger partial charge in [0.1, 0.15) is 5.82 Å². The van der Waals surface area contributed by atoms with Gasteiger partial charge >= 0.3 is 0 Å². The molecule has 0 saturated heterocycles. The van der Waals surface area contributed by atoms with Gasteiger partial charge in [-0.25, -0.2) is 4.39 Å². The van der Waals surface area contributed by atoms with E-state index in [0.29, 0.717) is 5.69 Å². The fourth-order valence-electron chi connectivity index (χ4n) is 1.21. The minimum atomic E-state index is -0.329. The normalized spacial score (nSPS) is 10.2. The van der Waals surface area contributed by atoms with Crippen LogP contribution >= 0.6 is 0 Å². The van der Waals surface area contributed by atoms with Crippen molar-refractivity contribution in [2.45, 2.75) is 0 Å². The van der Waals surface area contributed by atoms with Crippen LogP contribution in [0, 0.1) is 5.82 Å². The summed E-state index contributed by atoms with van der Waals surface area (Å²) in [6.07, 6.45) is 3.13. The van der Waals surface area contributed by atoms with Crippen LogP contribution in [0.3, 0.4) is 0 Å². The molecule has 0 spiro atoms. The highest BCUT2D eigenvalue weighted by Crippen LogP contribution is 2.26. The second-order valence-electron chi connectivity index (χ2n) is 2.74. The lowest BCUT2D eigenvalue weighted by atomic mass is 10.1. The molecule has 0 amide bonds. The number of rotatable bonds is 1. The van der Waals surface area contributed by atoms with Crippen LogP contribution in [0.4, 0.5) is 10.1 Å². The molecule has 1 aromatic heterocycles. The molecule has 3 heteroatoms. The van der Waals surface area contributed by atoms with Crippen molar-refractivity contribution in [2.24, 2.45) is 0 Å². The zero-order valence-electron chi connectivity index (χ0n) is 6.83. The third-order valence-corrected chi connectivity index (χ3v) is 1.85. The van der Waals surface area contributed by atoms with Crippen LogP contribution in [0.15, 0.2) is 41.2 Å². The summed E-state index contributed by atoms with van der Waals surface area (Å²) in [4.78, 5) is 0. The highest BCUT2D eigenvalue weighted by Gasteiger charge is 2.03. The van der Waals surface area contributed by atoms with Gasteiger partial charge in [-0.15, -0.1) is 0 Å². The smallest absolute Gasteiger partial charge is 0.125 e. The van der Waals surface area contributed by atoms with Crippen molar-refractivity contribution in [3.05, 3.63) is 42.6 Å². The van der Waals surface area contributed by atoms with E-state index in [4.69, 9.17) is 10.2 Å². The van der Waals surface area contributed by atoms with E-state index in [-0.39, 0.29) is 5.82 Å². The number of benzene rings is 1. The Hall–Kier alpha value is -1.77. The zero-order chi connectivity index (χ0) is 9.26. The molecular formula is C10H8FNO. The summed E-state index contributed by atoms with van der Waals surface area (Å²) in [5.74, 6) is -0.329. The van der Waals surface area contributed by atoms with Crippen LogP contribution in [-0.2, 0) is 0 Å². The maximum absolute atomic E-state index is 12.7. The second kappa shape index (κ2) is 2.94. The second-order valence-corrected chi connectivity index (χ2v) is 2.74. The van der Waals surface area contributed by atoms with Crippen LogP contribution in [0.2, 0.25) is 0 Å². The number of nitrogens with two attached hydrogens (primary N) is 1. The number of hydrogen-bond donors (Lipinski definition) is 1. The zero-order valence-corrected chi connectivity index (χ0v) is 6.83. The van der Waals surface area contributed by atoms with E-state index < -0.39 is 0 Å². The Morgan fingerprint density at radius 2 is 2.08 bits per heavy atom. The predicted molar refractivity (Wildman–Crippen MR) is 48.5 cm³/mol. The first-order valence-electron chi connectivity index (χ1n) is 3.85. The van der Waals surface area contributed by atoms with Crippen molar-refractivity contribution >= 4 is 5.69 Å². The topological polar surface area (TPSA) is 39.2 Å². The fraction of sp³-hybridized carbons (Fsp3) is 0. The molecule has 2 rings (SSSR count). The average Bonchev–Trinajstić information content (AvgIpc) is 2.56. The molecule has 0 atom stereocenters. The summed E-state index contributed by atoms with van der Waals surface area (Å²) in [7, 11) is 0. The molecular weight excluding hydrogens is 169 g/mol. The molecule has 66 valence electrons. The number of hydrogen-bond acceptors (Lipinski definition) is 2. The quantitative estimate of drug-likeness (QED) is 0.680. The van der Waals surface area contributed by atoms with Gasteiger partial charge in [0.05, 0.1) is 12.5 Å². The number of anilines is 1. The van der Waals surface area contributed by atoms with Gasteiger partial charge in [-0.05, 0) is 24.3 Å². The Morgan fingerprint density at radius 3 is 2.69 bits per heavy atom. The molecule has 2 aromatic rings. The molecule has 1 heterocycles. The van der Waals surface area contributed by atoms with Gasteiger partial charge in [0.25, 0.3) is 0 Å². The molecule has 2 nitrogen and oxygen atoms in total. The maximum Gasteiger partial charge on any atom is 0.125 e. The van der Waals surface area contributed by atoms with E-state index in [1.54, 1.807) is 24.7 Å². The van der Waals surface area contributed by atoms with Gasteiger partial charge in [-0.1, -0.05) is 0 Å². The predicted octanol–water partition coefficient (Wildman–Crippen LogP) is 2.67. The third kappa shape index (κ3) is 1.40. The molecule has 0 aliphatic heterocycles. The van der Waals surface area contributed by atoms with Gasteiger partial charge in [0.2, 0.25) is 0 Å². The van der Waals surface area contributed by atoms with Gasteiger partial charge in [0.15, 0.2) is 0 Å². The Balaban J connectivity index is 2.53. The van der Waals surface area contributed by atoms with Crippen molar-refractivity contribution < 1.29 is 8.81 Å². The lowest BCUT2D eigenvalue weighted by Gasteiger charge is -2.01. The van der Waals surface area contributed by atoms with E-state index in [9.17, 15) is 4.39 Å². The van der Waals surface area contributed by atoms with Crippen LogP contribution in [0.5, 0.6) is 0 Å². The lowest BCUT2D eigenvalue weighted by molar-refractivity contribution is 0.568. The summed E-state index contributed by atoms with van der Waals surface area (Å²) in [6.45, 7) is 0. The van der Waals surface area contributed by atoms with Crippen LogP contribution < -0.4 is 5.73 Å². The first kappa shape index (κ1) is 7.86. The average molecular weight is 177 g/mol. The van der Waals surface area contributed by atoms with E-state index >= 15 is 0 Å². The van der Waals surface area contributed by atoms with E-state index in [2.05, 4.69) is 0 Å². The first-order chi connectivity index (χ1) is 6.27. The Morgan fingerprint density at radius 1 is 1.23 bits per heavy atom. The summed E-state index contributed by atoms with van der Waals surface area (Å²) in [5, 5.41) is 0. The van der Waals surface area contributed by atoms with Crippen LogP contribution in [-0.4, -0.2) is 0 Å². The molecule has 0 fully saturated rings. The van der Waals surface area contributed by atoms with Crippen LogP contribution in [0.1, 0.15) is 0 Å². The maximum atomic E-state index is 12.7. The molecule has 0 aliphatic rings. The summed E-state index contributed by atoms with van der Waals surface area (Å²) in [5.41, 5.74) is 7.69. The molecule has 0 aliphatic carbocycles. The van der Waals surface area contributed by atoms with Crippen molar-refractivity contribution in [1.82, 2.24) is 0 Å². The number of nitrogen functional groups attached to an aromatic ring is 1. The van der Waals surface area contributed by atoms with E-state index in [1.807, 2.05) is 0 Å². The highest BCUT2D eigenvalue weighted by molar-refractivity contribution is 5.75. The molecule has 0 radical (unpaired) electrons. The summed E-state index contributed by atoms with van der Waals surface area (Å²) in [6, 6.07) is 6.08. The lowest BCUT2D eigenvalue weighted by Crippen LogP contribution is -1.89. The highest BCUT2D eigenvalue weighted by atomic mass is 19.1. The number of furan rings is 1. The minimum Gasteiger partial charge on any atom is -0.472 e. The Bertz CT molecular complexity index is 409. The number of halogens is 1. The minimum absolute atomic E-state index is 0.329. The Labute approximate surface area is 74.8 Å². The fourth-order valence-corrected chi connectivity index (χ4v) is 1.21. The van der Waals surface area contributed by atoms with Gasteiger partial charge in [-0.3, -0.25) is 0 Å². The van der Waals surface area contributed by atoms with Crippen LogP contribution in [0.25, 0.3) is 11.1 Å². The van der Waals surface area contributed by atoms with Crippen molar-refractivity contribution in [3.8, 4) is 11.1 Å². The molecule has 13 heavy (non-hydrogen) atoms. The Kier molecular flexibility index (Phi) is 1.77. The van der Waals surface area contributed by atoms with Crippen molar-refractivity contribution in [1.29, 1.82) is 0 Å². The van der Waals surface area contributed by atoms with Gasteiger partial charge in [0, 0.05) is 16.8 Å². The summed E-state index contributed by atoms with van der Waals surface area (Å²) < 4.78 is 17.6. The van der Waals surface area contributed by atoms with Gasteiger partial charge < -0.3 is 10.2 Å². The van der Waals surface area contributed by atoms with Crippen molar-refractivity contribution in [2.75, 3.05) is 5.73 Å². The van der Waals surface area contributed by atoms with Crippen molar-refractivity contribution in [3.63, 3.8) is 0 Å². The monoisotopic (exact) mass is 177 g/mol. The molecule has 0 saturated carbocycles. The molecule has 0 bridgehead atoms. The largest absolute Gasteiger partial charge is 0.472 e.